The predicted octanol–water partition coefficient (Wildman–Crippen LogP) is 6.06. The number of nitrogens with one attached hydrogen (secondary N) is 1. The molecule has 13 heteroatoms. The molecule has 0 atom stereocenters. The van der Waals surface area contributed by atoms with Gasteiger partial charge in [-0.1, -0.05) is 31.9 Å². The Balaban J connectivity index is 0.000000181. The highest BCUT2D eigenvalue weighted by Gasteiger charge is 2.29. The molecular weight excluding hydrogens is 692 g/mol. The maximum atomic E-state index is 12.2. The van der Waals surface area contributed by atoms with Crippen molar-refractivity contribution in [2.75, 3.05) is 26.2 Å². The van der Waals surface area contributed by atoms with Gasteiger partial charge in [0.05, 0.1) is 23.1 Å². The number of piperidine rings is 2. The minimum Gasteiger partial charge on any atom is -0.444 e. The first-order chi connectivity index (χ1) is 20.9. The first-order valence-electron chi connectivity index (χ1n) is 14.7. The second-order valence-corrected chi connectivity index (χ2v) is 13.9. The lowest BCUT2D eigenvalue weighted by molar-refractivity contribution is 0.0186. The molecule has 2 aromatic carbocycles. The van der Waals surface area contributed by atoms with Crippen molar-refractivity contribution in [1.29, 1.82) is 5.26 Å². The Morgan fingerprint density at radius 2 is 1.48 bits per heavy atom. The van der Waals surface area contributed by atoms with Gasteiger partial charge in [-0.05, 0) is 95.9 Å². The summed E-state index contributed by atoms with van der Waals surface area (Å²) in [7, 11) is 0. The fraction of sp³-hybridized carbons (Fsp3) is 0.452. The van der Waals surface area contributed by atoms with Crippen molar-refractivity contribution < 1.29 is 14.3 Å². The normalized spacial score (nSPS) is 16.4. The zero-order chi connectivity index (χ0) is 31.6. The number of benzene rings is 2. The highest BCUT2D eigenvalue weighted by Crippen LogP contribution is 2.31. The van der Waals surface area contributed by atoms with Gasteiger partial charge in [0, 0.05) is 32.8 Å². The summed E-state index contributed by atoms with van der Waals surface area (Å²) in [5, 5.41) is 23.3. The molecule has 11 nitrogen and oxygen atoms in total. The van der Waals surface area contributed by atoms with Crippen molar-refractivity contribution in [2.45, 2.75) is 64.1 Å². The van der Waals surface area contributed by atoms with E-state index in [2.05, 4.69) is 53.4 Å². The number of halogens is 2. The smallest absolute Gasteiger partial charge is 0.410 e. The van der Waals surface area contributed by atoms with Crippen LogP contribution in [0.25, 0.3) is 21.8 Å². The van der Waals surface area contributed by atoms with E-state index in [0.717, 1.165) is 69.5 Å². The van der Waals surface area contributed by atoms with E-state index in [4.69, 9.17) is 10.5 Å². The van der Waals surface area contributed by atoms with Gasteiger partial charge in [0.2, 0.25) is 0 Å². The number of nitriles is 1. The lowest BCUT2D eigenvalue weighted by atomic mass is 10.1. The standard InChI is InChI=1S/C18H21BrN4O2.C13H15BrN4O/c1-18(2,3)25-17(24)22-8-6-13(7-9-22)23-16-5-4-12(19)10-14(16)15(11-20)21-23;14-8-1-2-11-10(7-8)12(13(15)19)17-18(11)9-3-5-16-6-4-9/h4-5,10,13H,6-9H2,1-3H3;1-2,7,9,16H,3-6H2,(H2,15,19). The van der Waals surface area contributed by atoms with Crippen molar-refractivity contribution in [3.8, 4) is 6.07 Å². The van der Waals surface area contributed by atoms with Crippen LogP contribution in [0.15, 0.2) is 45.3 Å². The van der Waals surface area contributed by atoms with Crippen molar-refractivity contribution in [2.24, 2.45) is 5.73 Å². The molecule has 2 fully saturated rings. The fourth-order valence-electron chi connectivity index (χ4n) is 5.72. The maximum Gasteiger partial charge on any atom is 0.410 e. The molecule has 4 heterocycles. The van der Waals surface area contributed by atoms with Gasteiger partial charge in [0.25, 0.3) is 5.91 Å². The number of hydrogen-bond acceptors (Lipinski definition) is 7. The summed E-state index contributed by atoms with van der Waals surface area (Å²) < 4.78 is 11.2. The van der Waals surface area contributed by atoms with Crippen LogP contribution >= 0.6 is 31.9 Å². The molecule has 0 spiro atoms. The van der Waals surface area contributed by atoms with E-state index in [-0.39, 0.29) is 12.1 Å². The summed E-state index contributed by atoms with van der Waals surface area (Å²) in [6.45, 7) is 8.82. The van der Waals surface area contributed by atoms with Gasteiger partial charge in [-0.3, -0.25) is 14.2 Å². The number of carbonyl (C=O) groups is 2. The zero-order valence-electron chi connectivity index (χ0n) is 25.0. The molecular formula is C31H36Br2N8O3. The first kappa shape index (κ1) is 31.9. The minimum atomic E-state index is -0.485. The van der Waals surface area contributed by atoms with Crippen LogP contribution in [-0.4, -0.2) is 68.2 Å². The van der Waals surface area contributed by atoms with Crippen LogP contribution in [0.5, 0.6) is 0 Å². The van der Waals surface area contributed by atoms with Crippen LogP contribution in [0.4, 0.5) is 4.79 Å². The quantitative estimate of drug-likeness (QED) is 0.261. The van der Waals surface area contributed by atoms with E-state index in [1.165, 1.54) is 0 Å². The number of ether oxygens (including phenoxy) is 1. The summed E-state index contributed by atoms with van der Waals surface area (Å²) in [4.78, 5) is 25.5. The summed E-state index contributed by atoms with van der Waals surface area (Å²) in [6.07, 6.45) is 3.35. The molecule has 2 aliphatic rings. The highest BCUT2D eigenvalue weighted by atomic mass is 79.9. The van der Waals surface area contributed by atoms with Gasteiger partial charge in [-0.15, -0.1) is 0 Å². The zero-order valence-corrected chi connectivity index (χ0v) is 28.2. The van der Waals surface area contributed by atoms with E-state index in [1.54, 1.807) is 4.90 Å². The highest BCUT2D eigenvalue weighted by molar-refractivity contribution is 9.10. The Labute approximate surface area is 272 Å². The molecule has 0 radical (unpaired) electrons. The number of aromatic nitrogens is 4. The Bertz CT molecular complexity index is 1720. The van der Waals surface area contributed by atoms with Gasteiger partial charge in [0.1, 0.15) is 11.7 Å². The summed E-state index contributed by atoms with van der Waals surface area (Å²) in [5.74, 6) is -0.476. The average Bonchev–Trinajstić information content (AvgIpc) is 3.55. The molecule has 44 heavy (non-hydrogen) atoms. The molecule has 0 saturated carbocycles. The Kier molecular flexibility index (Phi) is 9.62. The minimum absolute atomic E-state index is 0.171. The van der Waals surface area contributed by atoms with Crippen LogP contribution in [-0.2, 0) is 4.74 Å². The molecule has 0 unspecified atom stereocenters. The van der Waals surface area contributed by atoms with Crippen LogP contribution < -0.4 is 11.1 Å². The SMILES string of the molecule is CC(C)(C)OC(=O)N1CCC(n2nc(C#N)c3cc(Br)ccc32)CC1.NC(=O)c1nn(C2CCNCC2)c2ccc(Br)cc12. The molecule has 232 valence electrons. The summed E-state index contributed by atoms with van der Waals surface area (Å²) >= 11 is 6.87. The van der Waals surface area contributed by atoms with Crippen LogP contribution in [0, 0.1) is 11.3 Å². The Hall–Kier alpha value is -3.47. The molecule has 0 aliphatic carbocycles. The summed E-state index contributed by atoms with van der Waals surface area (Å²) in [6, 6.07) is 14.4. The Morgan fingerprint density at radius 1 is 0.932 bits per heavy atom. The molecule has 6 rings (SSSR count). The lowest BCUT2D eigenvalue weighted by Gasteiger charge is -2.33. The maximum absolute atomic E-state index is 12.2. The third-order valence-electron chi connectivity index (χ3n) is 7.79. The van der Waals surface area contributed by atoms with Gasteiger partial charge in [-0.2, -0.15) is 15.5 Å². The first-order valence-corrected chi connectivity index (χ1v) is 16.3. The molecule has 0 bridgehead atoms. The van der Waals surface area contributed by atoms with Gasteiger partial charge in [0.15, 0.2) is 11.4 Å². The van der Waals surface area contributed by atoms with Crippen molar-refractivity contribution in [1.82, 2.24) is 29.8 Å². The van der Waals surface area contributed by atoms with E-state index in [9.17, 15) is 14.9 Å². The van der Waals surface area contributed by atoms with Crippen LogP contribution in [0.1, 0.15) is 74.7 Å². The predicted molar refractivity (Wildman–Crippen MR) is 175 cm³/mol. The van der Waals surface area contributed by atoms with Gasteiger partial charge >= 0.3 is 6.09 Å². The van der Waals surface area contributed by atoms with Gasteiger partial charge < -0.3 is 20.7 Å². The molecule has 2 amide bonds. The molecule has 3 N–H and O–H groups in total. The third kappa shape index (κ3) is 7.08. The van der Waals surface area contributed by atoms with E-state index >= 15 is 0 Å². The number of nitrogens with two attached hydrogens (primary N) is 1. The van der Waals surface area contributed by atoms with Gasteiger partial charge in [-0.25, -0.2) is 4.79 Å². The molecule has 4 aromatic rings. The average molecular weight is 728 g/mol. The molecule has 2 aliphatic heterocycles. The number of nitrogens with zero attached hydrogens (tertiary/aromatic N) is 6. The van der Waals surface area contributed by atoms with Crippen molar-refractivity contribution in [3.05, 3.63) is 56.7 Å². The molecule has 2 saturated heterocycles. The summed E-state index contributed by atoms with van der Waals surface area (Å²) in [5.41, 5.74) is 7.67. The van der Waals surface area contributed by atoms with Crippen LogP contribution in [0.2, 0.25) is 0 Å². The number of fused-ring (bicyclic) bond motifs is 2. The molecule has 2 aromatic heterocycles. The topological polar surface area (TPSA) is 144 Å². The van der Waals surface area contributed by atoms with E-state index < -0.39 is 11.5 Å². The van der Waals surface area contributed by atoms with Crippen molar-refractivity contribution in [3.63, 3.8) is 0 Å². The third-order valence-corrected chi connectivity index (χ3v) is 8.78. The fourth-order valence-corrected chi connectivity index (χ4v) is 6.44. The second kappa shape index (κ2) is 13.3. The Morgan fingerprint density at radius 3 is 2.05 bits per heavy atom. The van der Waals surface area contributed by atoms with E-state index in [0.29, 0.717) is 30.5 Å². The number of hydrogen-bond donors (Lipinski definition) is 2. The van der Waals surface area contributed by atoms with Crippen LogP contribution in [0.3, 0.4) is 0 Å². The number of carbonyl (C=O) groups excluding carboxylic acids is 2. The lowest BCUT2D eigenvalue weighted by Crippen LogP contribution is -2.42. The number of likely N-dealkylation sites (tertiary alicyclic amines) is 1. The second-order valence-electron chi connectivity index (χ2n) is 12.1. The number of rotatable bonds is 3. The monoisotopic (exact) mass is 726 g/mol. The van der Waals surface area contributed by atoms with Crippen molar-refractivity contribution >= 4 is 65.7 Å². The number of amides is 2. The van der Waals surface area contributed by atoms with E-state index in [1.807, 2.05) is 66.5 Å². The largest absolute Gasteiger partial charge is 0.444 e. The number of primary amides is 1.